The van der Waals surface area contributed by atoms with Crippen LogP contribution >= 0.6 is 0 Å². The third-order valence-corrected chi connectivity index (χ3v) is 3.18. The Morgan fingerprint density at radius 2 is 2.14 bits per heavy atom. The van der Waals surface area contributed by atoms with Crippen LogP contribution in [-0.4, -0.2) is 36.5 Å². The number of fused-ring (bicyclic) bond motifs is 1. The van der Waals surface area contributed by atoms with E-state index in [1.165, 1.54) is 0 Å². The van der Waals surface area contributed by atoms with E-state index >= 15 is 0 Å². The first-order valence-electron chi connectivity index (χ1n) is 6.79. The Morgan fingerprint density at radius 3 is 2.81 bits per heavy atom. The fraction of sp³-hybridized carbons (Fsp3) is 0.357. The van der Waals surface area contributed by atoms with E-state index in [-0.39, 0.29) is 5.54 Å². The van der Waals surface area contributed by atoms with Gasteiger partial charge in [0, 0.05) is 37.7 Å². The van der Waals surface area contributed by atoms with Crippen LogP contribution in [0.2, 0.25) is 0 Å². The van der Waals surface area contributed by atoms with Crippen molar-refractivity contribution in [2.45, 2.75) is 19.4 Å². The van der Waals surface area contributed by atoms with Crippen LogP contribution in [0.3, 0.4) is 0 Å². The van der Waals surface area contributed by atoms with Crippen LogP contribution in [0.25, 0.3) is 17.0 Å². The van der Waals surface area contributed by atoms with Gasteiger partial charge in [-0.15, -0.1) is 0 Å². The quantitative estimate of drug-likeness (QED) is 0.754. The summed E-state index contributed by atoms with van der Waals surface area (Å²) in [5.41, 5.74) is 9.20. The lowest BCUT2D eigenvalue weighted by Gasteiger charge is -2.20. The van der Waals surface area contributed by atoms with Crippen LogP contribution in [0.5, 0.6) is 0 Å². The maximum atomic E-state index is 6.04. The molecule has 0 aliphatic rings. The van der Waals surface area contributed by atoms with E-state index in [1.807, 2.05) is 39.2 Å². The highest BCUT2D eigenvalue weighted by molar-refractivity contribution is 5.72. The summed E-state index contributed by atoms with van der Waals surface area (Å²) in [5, 5.41) is 12.1. The van der Waals surface area contributed by atoms with Gasteiger partial charge in [-0.25, -0.2) is 9.50 Å². The van der Waals surface area contributed by atoms with Gasteiger partial charge in [-0.3, -0.25) is 4.68 Å². The van der Waals surface area contributed by atoms with Crippen molar-refractivity contribution >= 4 is 11.3 Å². The standard InChI is InChI=1S/C14H19N7/c1-14(2,15)9-17-11-8-10(12-4-5-18-20(12)3)19-21-7-6-16-13(11)21/h4-8,17H,9,15H2,1-3H3. The van der Waals surface area contributed by atoms with Crippen molar-refractivity contribution in [1.29, 1.82) is 0 Å². The molecule has 0 aliphatic heterocycles. The number of nitrogens with two attached hydrogens (primary N) is 1. The minimum absolute atomic E-state index is 0.306. The lowest BCUT2D eigenvalue weighted by molar-refractivity contribution is 0.549. The van der Waals surface area contributed by atoms with E-state index in [4.69, 9.17) is 5.73 Å². The molecule has 0 unspecified atom stereocenters. The average molecular weight is 285 g/mol. The second-order valence-corrected chi connectivity index (χ2v) is 5.82. The Labute approximate surface area is 122 Å². The molecule has 3 N–H and O–H groups in total. The molecule has 0 saturated carbocycles. The Kier molecular flexibility index (Phi) is 3.13. The van der Waals surface area contributed by atoms with Gasteiger partial charge in [0.15, 0.2) is 5.65 Å². The van der Waals surface area contributed by atoms with E-state index in [2.05, 4.69) is 20.5 Å². The normalized spacial score (nSPS) is 12.0. The van der Waals surface area contributed by atoms with Crippen molar-refractivity contribution < 1.29 is 0 Å². The van der Waals surface area contributed by atoms with Crippen LogP contribution < -0.4 is 11.1 Å². The van der Waals surface area contributed by atoms with Crippen LogP contribution in [0.1, 0.15) is 13.8 Å². The van der Waals surface area contributed by atoms with Crippen LogP contribution in [0, 0.1) is 0 Å². The van der Waals surface area contributed by atoms with Gasteiger partial charge in [0.25, 0.3) is 0 Å². The van der Waals surface area contributed by atoms with Gasteiger partial charge in [-0.1, -0.05) is 0 Å². The lowest BCUT2D eigenvalue weighted by Crippen LogP contribution is -2.39. The van der Waals surface area contributed by atoms with Gasteiger partial charge in [0.2, 0.25) is 0 Å². The second kappa shape index (κ2) is 4.85. The van der Waals surface area contributed by atoms with Gasteiger partial charge in [-0.2, -0.15) is 10.2 Å². The van der Waals surface area contributed by atoms with Gasteiger partial charge in [0.05, 0.1) is 11.4 Å². The number of rotatable bonds is 4. The zero-order valence-corrected chi connectivity index (χ0v) is 12.4. The molecule has 3 heterocycles. The van der Waals surface area contributed by atoms with E-state index in [1.54, 1.807) is 21.6 Å². The predicted octanol–water partition coefficient (Wildman–Crippen LogP) is 1.28. The third kappa shape index (κ3) is 2.73. The summed E-state index contributed by atoms with van der Waals surface area (Å²) in [7, 11) is 1.89. The first-order chi connectivity index (χ1) is 9.94. The average Bonchev–Trinajstić information content (AvgIpc) is 3.02. The molecule has 3 rings (SSSR count). The third-order valence-electron chi connectivity index (χ3n) is 3.18. The Bertz CT molecular complexity index is 763. The molecule has 7 heteroatoms. The van der Waals surface area contributed by atoms with Crippen molar-refractivity contribution in [3.63, 3.8) is 0 Å². The number of nitrogens with one attached hydrogen (secondary N) is 1. The number of anilines is 1. The molecule has 0 aromatic carbocycles. The highest BCUT2D eigenvalue weighted by Crippen LogP contribution is 2.23. The largest absolute Gasteiger partial charge is 0.380 e. The smallest absolute Gasteiger partial charge is 0.176 e. The molecule has 21 heavy (non-hydrogen) atoms. The van der Waals surface area contributed by atoms with Crippen molar-refractivity contribution in [3.8, 4) is 11.4 Å². The molecular weight excluding hydrogens is 266 g/mol. The van der Waals surface area contributed by atoms with Gasteiger partial charge in [0.1, 0.15) is 5.69 Å². The number of nitrogens with zero attached hydrogens (tertiary/aromatic N) is 5. The van der Waals surface area contributed by atoms with Crippen molar-refractivity contribution in [2.75, 3.05) is 11.9 Å². The monoisotopic (exact) mass is 285 g/mol. The molecule has 110 valence electrons. The second-order valence-electron chi connectivity index (χ2n) is 5.82. The maximum absolute atomic E-state index is 6.04. The molecule has 0 amide bonds. The molecule has 0 bridgehead atoms. The summed E-state index contributed by atoms with van der Waals surface area (Å²) >= 11 is 0. The highest BCUT2D eigenvalue weighted by atomic mass is 15.3. The first kappa shape index (κ1) is 13.6. The zero-order valence-electron chi connectivity index (χ0n) is 12.4. The fourth-order valence-corrected chi connectivity index (χ4v) is 2.12. The molecule has 3 aromatic heterocycles. The molecule has 0 saturated heterocycles. The Morgan fingerprint density at radius 1 is 1.33 bits per heavy atom. The van der Waals surface area contributed by atoms with E-state index in [9.17, 15) is 0 Å². The molecule has 0 aliphatic carbocycles. The SMILES string of the molecule is Cn1nccc1-c1cc(NCC(C)(C)N)c2nccn2n1. The Hall–Kier alpha value is -2.41. The van der Waals surface area contributed by atoms with Gasteiger partial charge < -0.3 is 11.1 Å². The molecule has 0 spiro atoms. The van der Waals surface area contributed by atoms with Crippen molar-refractivity contribution in [3.05, 3.63) is 30.7 Å². The zero-order chi connectivity index (χ0) is 15.0. The molecule has 0 radical (unpaired) electrons. The van der Waals surface area contributed by atoms with E-state index in [0.29, 0.717) is 6.54 Å². The number of aryl methyl sites for hydroxylation is 1. The molecule has 0 fully saturated rings. The van der Waals surface area contributed by atoms with Crippen molar-refractivity contribution in [1.82, 2.24) is 24.4 Å². The minimum Gasteiger partial charge on any atom is -0.380 e. The molecule has 0 atom stereocenters. The van der Waals surface area contributed by atoms with Gasteiger partial charge >= 0.3 is 0 Å². The minimum atomic E-state index is -0.306. The number of hydrogen-bond acceptors (Lipinski definition) is 5. The van der Waals surface area contributed by atoms with Gasteiger partial charge in [-0.05, 0) is 26.0 Å². The van der Waals surface area contributed by atoms with Crippen LogP contribution in [0.4, 0.5) is 5.69 Å². The fourth-order valence-electron chi connectivity index (χ4n) is 2.12. The summed E-state index contributed by atoms with van der Waals surface area (Å²) in [6.07, 6.45) is 5.31. The summed E-state index contributed by atoms with van der Waals surface area (Å²) in [6, 6.07) is 3.91. The molecular formula is C14H19N7. The summed E-state index contributed by atoms with van der Waals surface area (Å²) in [5.74, 6) is 0. The summed E-state index contributed by atoms with van der Waals surface area (Å²) in [4.78, 5) is 4.34. The topological polar surface area (TPSA) is 86.1 Å². The van der Waals surface area contributed by atoms with E-state index < -0.39 is 0 Å². The maximum Gasteiger partial charge on any atom is 0.176 e. The van der Waals surface area contributed by atoms with Crippen molar-refractivity contribution in [2.24, 2.45) is 12.8 Å². The number of hydrogen-bond donors (Lipinski definition) is 2. The molecule has 7 nitrogen and oxygen atoms in total. The van der Waals surface area contributed by atoms with E-state index in [0.717, 1.165) is 22.7 Å². The predicted molar refractivity (Wildman–Crippen MR) is 81.9 cm³/mol. The Balaban J connectivity index is 2.06. The first-order valence-corrected chi connectivity index (χ1v) is 6.79. The lowest BCUT2D eigenvalue weighted by atomic mass is 10.1. The molecule has 3 aromatic rings. The van der Waals surface area contributed by atoms with Crippen LogP contribution in [0.15, 0.2) is 30.7 Å². The summed E-state index contributed by atoms with van der Waals surface area (Å²) in [6.45, 7) is 4.60. The van der Waals surface area contributed by atoms with Crippen LogP contribution in [-0.2, 0) is 7.05 Å². The number of aromatic nitrogens is 5. The highest BCUT2D eigenvalue weighted by Gasteiger charge is 2.14. The number of imidazole rings is 1. The summed E-state index contributed by atoms with van der Waals surface area (Å²) < 4.78 is 3.55.